The van der Waals surface area contributed by atoms with Gasteiger partial charge in [-0.15, -0.1) is 0 Å². The van der Waals surface area contributed by atoms with Crippen molar-refractivity contribution in [2.24, 2.45) is 0 Å². The summed E-state index contributed by atoms with van der Waals surface area (Å²) in [5.41, 5.74) is 4.40. The Balaban J connectivity index is 1.39. The molecular weight excluding hydrogens is 362 g/mol. The third-order valence-electron chi connectivity index (χ3n) is 5.20. The Morgan fingerprint density at radius 3 is 2.55 bits per heavy atom. The van der Waals surface area contributed by atoms with Crippen LogP contribution in [-0.4, -0.2) is 34.8 Å². The minimum atomic E-state index is -0.264. The first-order valence-corrected chi connectivity index (χ1v) is 9.85. The predicted octanol–water partition coefficient (Wildman–Crippen LogP) is 3.25. The lowest BCUT2D eigenvalue weighted by Gasteiger charge is -2.29. The van der Waals surface area contributed by atoms with Crippen LogP contribution in [0, 0.1) is 0 Å². The molecule has 0 saturated carbocycles. The zero-order valence-corrected chi connectivity index (χ0v) is 16.2. The molecule has 29 heavy (non-hydrogen) atoms. The molecule has 1 N–H and O–H groups in total. The van der Waals surface area contributed by atoms with E-state index in [-0.39, 0.29) is 17.5 Å². The fraction of sp³-hybridized carbons (Fsp3) is 0.208. The van der Waals surface area contributed by atoms with Gasteiger partial charge in [0.1, 0.15) is 5.69 Å². The number of rotatable bonds is 5. The maximum Gasteiger partial charge on any atom is 0.269 e. The smallest absolute Gasteiger partial charge is 0.269 e. The number of amides is 2. The minimum Gasteiger partial charge on any atom is -0.350 e. The lowest BCUT2D eigenvalue weighted by Crippen LogP contribution is -2.36. The summed E-state index contributed by atoms with van der Waals surface area (Å²) in [6.45, 7) is 1.79. The number of benzene rings is 2. The van der Waals surface area contributed by atoms with Crippen molar-refractivity contribution in [1.29, 1.82) is 0 Å². The summed E-state index contributed by atoms with van der Waals surface area (Å²) in [4.78, 5) is 31.4. The van der Waals surface area contributed by atoms with E-state index in [2.05, 4.69) is 22.4 Å². The molecule has 2 amide bonds. The van der Waals surface area contributed by atoms with Crippen LogP contribution in [0.15, 0.2) is 72.9 Å². The number of carbonyl (C=O) groups excluding carboxylic acids is 2. The summed E-state index contributed by atoms with van der Waals surface area (Å²) >= 11 is 0. The molecule has 0 saturated heterocycles. The van der Waals surface area contributed by atoms with Gasteiger partial charge in [-0.1, -0.05) is 54.6 Å². The van der Waals surface area contributed by atoms with Gasteiger partial charge in [-0.05, 0) is 41.7 Å². The number of fused-ring (bicyclic) bond motifs is 1. The average Bonchev–Trinajstić information content (AvgIpc) is 2.79. The Bertz CT molecular complexity index is 1020. The van der Waals surface area contributed by atoms with Crippen molar-refractivity contribution in [3.05, 3.63) is 101 Å². The number of hydrogen-bond donors (Lipinski definition) is 1. The quantitative estimate of drug-likeness (QED) is 0.733. The van der Waals surface area contributed by atoms with Crippen LogP contribution in [0.3, 0.4) is 0 Å². The molecule has 1 aromatic heterocycles. The van der Waals surface area contributed by atoms with Crippen molar-refractivity contribution >= 4 is 11.8 Å². The highest BCUT2D eigenvalue weighted by Crippen LogP contribution is 2.20. The molecule has 2 aromatic carbocycles. The topological polar surface area (TPSA) is 62.3 Å². The molecule has 0 atom stereocenters. The van der Waals surface area contributed by atoms with Gasteiger partial charge in [0.05, 0.1) is 0 Å². The summed E-state index contributed by atoms with van der Waals surface area (Å²) < 4.78 is 0. The molecule has 0 spiro atoms. The van der Waals surface area contributed by atoms with Crippen molar-refractivity contribution in [3.8, 4) is 0 Å². The summed E-state index contributed by atoms with van der Waals surface area (Å²) in [5.74, 6) is -0.334. The van der Waals surface area contributed by atoms with Crippen LogP contribution in [0.25, 0.3) is 0 Å². The van der Waals surface area contributed by atoms with E-state index in [9.17, 15) is 9.59 Å². The van der Waals surface area contributed by atoms with E-state index in [1.165, 1.54) is 17.3 Å². The Morgan fingerprint density at radius 1 is 0.966 bits per heavy atom. The monoisotopic (exact) mass is 385 g/mol. The number of nitrogens with zero attached hydrogens (tertiary/aromatic N) is 2. The molecule has 1 aliphatic heterocycles. The Morgan fingerprint density at radius 2 is 1.72 bits per heavy atom. The number of nitrogens with one attached hydrogen (secondary N) is 1. The third kappa shape index (κ3) is 4.51. The van der Waals surface area contributed by atoms with Crippen molar-refractivity contribution in [3.63, 3.8) is 0 Å². The van der Waals surface area contributed by atoms with E-state index in [1.807, 2.05) is 47.4 Å². The summed E-state index contributed by atoms with van der Waals surface area (Å²) in [6.07, 6.45) is 3.12. The van der Waals surface area contributed by atoms with Gasteiger partial charge in [0.2, 0.25) is 0 Å². The standard InChI is InChI=1S/C24H23N3O2/c28-23(26-13-10-18-6-2-1-3-7-18)22-16-20(11-14-25-22)24(29)27-15-12-19-8-4-5-9-21(19)17-27/h1-9,11,14,16H,10,12-13,15,17H2,(H,26,28). The van der Waals surface area contributed by atoms with Crippen LogP contribution >= 0.6 is 0 Å². The molecular formula is C24H23N3O2. The maximum atomic E-state index is 12.9. The summed E-state index contributed by atoms with van der Waals surface area (Å²) in [7, 11) is 0. The van der Waals surface area contributed by atoms with Crippen molar-refractivity contribution < 1.29 is 9.59 Å². The minimum absolute atomic E-state index is 0.0692. The number of carbonyl (C=O) groups is 2. The van der Waals surface area contributed by atoms with Gasteiger partial charge in [0.25, 0.3) is 11.8 Å². The molecule has 146 valence electrons. The highest BCUT2D eigenvalue weighted by Gasteiger charge is 2.22. The first-order chi connectivity index (χ1) is 14.2. The zero-order chi connectivity index (χ0) is 20.1. The van der Waals surface area contributed by atoms with Gasteiger partial charge in [-0.3, -0.25) is 14.6 Å². The number of hydrogen-bond acceptors (Lipinski definition) is 3. The Labute approximate surface area is 170 Å². The van der Waals surface area contributed by atoms with Crippen molar-refractivity contribution in [2.75, 3.05) is 13.1 Å². The molecule has 0 unspecified atom stereocenters. The first-order valence-electron chi connectivity index (χ1n) is 9.85. The van der Waals surface area contributed by atoms with E-state index in [0.717, 1.165) is 18.4 Å². The van der Waals surface area contributed by atoms with Crippen LogP contribution < -0.4 is 5.32 Å². The van der Waals surface area contributed by atoms with Crippen LogP contribution in [0.5, 0.6) is 0 Å². The second-order valence-corrected chi connectivity index (χ2v) is 7.17. The number of aromatic nitrogens is 1. The van der Waals surface area contributed by atoms with Crippen LogP contribution in [0.2, 0.25) is 0 Å². The fourth-order valence-corrected chi connectivity index (χ4v) is 3.59. The first kappa shape index (κ1) is 18.9. The van der Waals surface area contributed by atoms with E-state index < -0.39 is 0 Å². The Hall–Kier alpha value is -3.47. The van der Waals surface area contributed by atoms with Gasteiger partial charge < -0.3 is 10.2 Å². The molecule has 2 heterocycles. The molecule has 3 aromatic rings. The molecule has 5 nitrogen and oxygen atoms in total. The van der Waals surface area contributed by atoms with Gasteiger partial charge in [-0.25, -0.2) is 0 Å². The molecule has 0 radical (unpaired) electrons. The lowest BCUT2D eigenvalue weighted by atomic mass is 9.99. The van der Waals surface area contributed by atoms with Gasteiger partial charge >= 0.3 is 0 Å². The van der Waals surface area contributed by atoms with Crippen molar-refractivity contribution in [1.82, 2.24) is 15.2 Å². The SMILES string of the molecule is O=C(NCCc1ccccc1)c1cc(C(=O)N2CCc3ccccc3C2)ccn1. The fourth-order valence-electron chi connectivity index (χ4n) is 3.59. The predicted molar refractivity (Wildman–Crippen MR) is 112 cm³/mol. The van der Waals surface area contributed by atoms with Gasteiger partial charge in [0, 0.05) is 31.4 Å². The van der Waals surface area contributed by atoms with E-state index in [1.54, 1.807) is 12.1 Å². The molecule has 4 rings (SSSR count). The number of pyridine rings is 1. The molecule has 0 fully saturated rings. The van der Waals surface area contributed by atoms with E-state index in [4.69, 9.17) is 0 Å². The van der Waals surface area contributed by atoms with E-state index >= 15 is 0 Å². The molecule has 0 aliphatic carbocycles. The summed E-state index contributed by atoms with van der Waals surface area (Å²) in [6, 6.07) is 21.4. The zero-order valence-electron chi connectivity index (χ0n) is 16.2. The van der Waals surface area contributed by atoms with Crippen molar-refractivity contribution in [2.45, 2.75) is 19.4 Å². The summed E-state index contributed by atoms with van der Waals surface area (Å²) in [5, 5.41) is 2.88. The van der Waals surface area contributed by atoms with Crippen LogP contribution in [0.1, 0.15) is 37.5 Å². The molecule has 0 bridgehead atoms. The normalized spacial score (nSPS) is 12.9. The lowest BCUT2D eigenvalue weighted by molar-refractivity contribution is 0.0734. The largest absolute Gasteiger partial charge is 0.350 e. The Kier molecular flexibility index (Phi) is 5.66. The van der Waals surface area contributed by atoms with Gasteiger partial charge in [-0.2, -0.15) is 0 Å². The second kappa shape index (κ2) is 8.69. The highest BCUT2D eigenvalue weighted by molar-refractivity contribution is 5.98. The maximum absolute atomic E-state index is 12.9. The average molecular weight is 385 g/mol. The molecule has 5 heteroatoms. The van der Waals surface area contributed by atoms with Crippen LogP contribution in [0.4, 0.5) is 0 Å². The highest BCUT2D eigenvalue weighted by atomic mass is 16.2. The third-order valence-corrected chi connectivity index (χ3v) is 5.20. The van der Waals surface area contributed by atoms with Crippen LogP contribution in [-0.2, 0) is 19.4 Å². The van der Waals surface area contributed by atoms with Gasteiger partial charge in [0.15, 0.2) is 0 Å². The molecule has 1 aliphatic rings. The second-order valence-electron chi connectivity index (χ2n) is 7.17. The van der Waals surface area contributed by atoms with E-state index in [0.29, 0.717) is 25.2 Å².